The van der Waals surface area contributed by atoms with Gasteiger partial charge in [0.2, 0.25) is 0 Å². The Morgan fingerprint density at radius 3 is 2.52 bits per heavy atom. The van der Waals surface area contributed by atoms with E-state index >= 15 is 0 Å². The monoisotopic (exact) mass is 415 g/mol. The number of methoxy groups -OCH3 is 1. The van der Waals surface area contributed by atoms with Gasteiger partial charge in [0.1, 0.15) is 0 Å². The molecule has 110 valence electrons. The zero-order valence-electron chi connectivity index (χ0n) is 11.7. The predicted molar refractivity (Wildman–Crippen MR) is 94.0 cm³/mol. The molecule has 0 saturated carbocycles. The van der Waals surface area contributed by atoms with E-state index in [0.29, 0.717) is 16.3 Å². The van der Waals surface area contributed by atoms with Gasteiger partial charge < -0.3 is 10.1 Å². The Kier molecular flexibility index (Phi) is 5.47. The summed E-state index contributed by atoms with van der Waals surface area (Å²) in [7, 11) is 1.36. The van der Waals surface area contributed by atoms with Crippen molar-refractivity contribution in [1.82, 2.24) is 0 Å². The third kappa shape index (κ3) is 4.11. The van der Waals surface area contributed by atoms with E-state index in [9.17, 15) is 4.79 Å². The molecule has 0 bridgehead atoms. The van der Waals surface area contributed by atoms with Crippen LogP contribution in [0.1, 0.15) is 28.9 Å². The van der Waals surface area contributed by atoms with Crippen LogP contribution in [0.15, 0.2) is 42.5 Å². The molecule has 1 unspecified atom stereocenters. The van der Waals surface area contributed by atoms with Crippen LogP contribution in [0.5, 0.6) is 0 Å². The lowest BCUT2D eigenvalue weighted by Crippen LogP contribution is -2.08. The first-order valence-electron chi connectivity index (χ1n) is 6.41. The van der Waals surface area contributed by atoms with Crippen LogP contribution in [0.4, 0.5) is 5.69 Å². The van der Waals surface area contributed by atoms with E-state index in [-0.39, 0.29) is 12.0 Å². The average molecular weight is 416 g/mol. The molecule has 1 N–H and O–H groups in total. The topological polar surface area (TPSA) is 38.3 Å². The number of carbonyl (C=O) groups is 1. The molecule has 2 rings (SSSR count). The van der Waals surface area contributed by atoms with Gasteiger partial charge >= 0.3 is 5.97 Å². The van der Waals surface area contributed by atoms with Crippen molar-refractivity contribution in [3.8, 4) is 0 Å². The highest BCUT2D eigenvalue weighted by Crippen LogP contribution is 2.27. The standard InChI is InChI=1S/C16H15ClINO2/c1-10(11-3-6-13(18)7-4-11)19-15-9-12(16(20)21-2)5-8-14(15)17/h3-10,19H,1-2H3. The highest BCUT2D eigenvalue weighted by atomic mass is 127. The summed E-state index contributed by atoms with van der Waals surface area (Å²) in [5.74, 6) is -0.378. The molecule has 21 heavy (non-hydrogen) atoms. The largest absolute Gasteiger partial charge is 0.465 e. The van der Waals surface area contributed by atoms with E-state index < -0.39 is 0 Å². The molecule has 5 heteroatoms. The number of halogens is 2. The number of nitrogens with one attached hydrogen (secondary N) is 1. The molecular formula is C16H15ClINO2. The minimum absolute atomic E-state index is 0.0763. The molecular weight excluding hydrogens is 401 g/mol. The molecule has 0 heterocycles. The van der Waals surface area contributed by atoms with Crippen molar-refractivity contribution in [2.75, 3.05) is 12.4 Å². The fraction of sp³-hybridized carbons (Fsp3) is 0.188. The molecule has 0 fully saturated rings. The van der Waals surface area contributed by atoms with Crippen molar-refractivity contribution in [3.63, 3.8) is 0 Å². The molecule has 2 aromatic carbocycles. The summed E-state index contributed by atoms with van der Waals surface area (Å²) < 4.78 is 5.91. The van der Waals surface area contributed by atoms with Crippen molar-refractivity contribution in [2.24, 2.45) is 0 Å². The van der Waals surface area contributed by atoms with Gasteiger partial charge in [0.25, 0.3) is 0 Å². The summed E-state index contributed by atoms with van der Waals surface area (Å²) in [5.41, 5.74) is 2.33. The van der Waals surface area contributed by atoms with Gasteiger partial charge in [-0.3, -0.25) is 0 Å². The van der Waals surface area contributed by atoms with Crippen molar-refractivity contribution in [2.45, 2.75) is 13.0 Å². The zero-order valence-corrected chi connectivity index (χ0v) is 14.6. The molecule has 0 spiro atoms. The number of carbonyl (C=O) groups excluding carboxylic acids is 1. The Hall–Kier alpha value is -1.27. The van der Waals surface area contributed by atoms with Gasteiger partial charge in [0, 0.05) is 9.61 Å². The Bertz CT molecular complexity index is 643. The summed E-state index contributed by atoms with van der Waals surface area (Å²) in [6.45, 7) is 2.04. The molecule has 0 aliphatic heterocycles. The molecule has 1 atom stereocenters. The fourth-order valence-corrected chi connectivity index (χ4v) is 2.48. The van der Waals surface area contributed by atoms with Gasteiger partial charge in [-0.2, -0.15) is 0 Å². The van der Waals surface area contributed by atoms with Crippen molar-refractivity contribution < 1.29 is 9.53 Å². The maximum absolute atomic E-state index is 11.6. The van der Waals surface area contributed by atoms with Gasteiger partial charge in [-0.1, -0.05) is 23.7 Å². The second kappa shape index (κ2) is 7.13. The summed E-state index contributed by atoms with van der Waals surface area (Å²) >= 11 is 8.46. The Morgan fingerprint density at radius 2 is 1.90 bits per heavy atom. The highest BCUT2D eigenvalue weighted by molar-refractivity contribution is 14.1. The lowest BCUT2D eigenvalue weighted by Gasteiger charge is -2.17. The SMILES string of the molecule is COC(=O)c1ccc(Cl)c(NC(C)c2ccc(I)cc2)c1. The van der Waals surface area contributed by atoms with Gasteiger partial charge in [-0.15, -0.1) is 0 Å². The van der Waals surface area contributed by atoms with E-state index in [2.05, 4.69) is 52.2 Å². The first kappa shape index (κ1) is 16.1. The fourth-order valence-electron chi connectivity index (χ4n) is 1.95. The Labute approximate surface area is 142 Å². The van der Waals surface area contributed by atoms with E-state index in [4.69, 9.17) is 16.3 Å². The summed E-state index contributed by atoms with van der Waals surface area (Å²) in [4.78, 5) is 11.6. The molecule has 3 nitrogen and oxygen atoms in total. The number of benzene rings is 2. The number of hydrogen-bond acceptors (Lipinski definition) is 3. The maximum atomic E-state index is 11.6. The maximum Gasteiger partial charge on any atom is 0.337 e. The smallest absolute Gasteiger partial charge is 0.337 e. The number of anilines is 1. The van der Waals surface area contributed by atoms with Crippen molar-refractivity contribution in [3.05, 3.63) is 62.2 Å². The first-order chi connectivity index (χ1) is 10.0. The van der Waals surface area contributed by atoms with Crippen molar-refractivity contribution in [1.29, 1.82) is 0 Å². The Morgan fingerprint density at radius 1 is 1.24 bits per heavy atom. The van der Waals surface area contributed by atoms with Gasteiger partial charge in [-0.05, 0) is 65.4 Å². The minimum Gasteiger partial charge on any atom is -0.465 e. The number of rotatable bonds is 4. The average Bonchev–Trinajstić information content (AvgIpc) is 2.49. The quantitative estimate of drug-likeness (QED) is 0.570. The molecule has 0 saturated heterocycles. The molecule has 0 aliphatic carbocycles. The van der Waals surface area contributed by atoms with Gasteiger partial charge in [0.15, 0.2) is 0 Å². The van der Waals surface area contributed by atoms with E-state index in [1.165, 1.54) is 10.7 Å². The lowest BCUT2D eigenvalue weighted by molar-refractivity contribution is 0.0601. The third-order valence-electron chi connectivity index (χ3n) is 3.13. The molecule has 0 radical (unpaired) electrons. The van der Waals surface area contributed by atoms with Crippen LogP contribution >= 0.6 is 34.2 Å². The molecule has 0 aliphatic rings. The van der Waals surface area contributed by atoms with Gasteiger partial charge in [-0.25, -0.2) is 4.79 Å². The number of ether oxygens (including phenoxy) is 1. The molecule has 0 amide bonds. The van der Waals surface area contributed by atoms with Crippen LogP contribution in [0, 0.1) is 3.57 Å². The van der Waals surface area contributed by atoms with Crippen LogP contribution in [-0.4, -0.2) is 13.1 Å². The van der Waals surface area contributed by atoms with Crippen LogP contribution < -0.4 is 5.32 Å². The van der Waals surface area contributed by atoms with E-state index in [1.54, 1.807) is 18.2 Å². The first-order valence-corrected chi connectivity index (χ1v) is 7.87. The number of hydrogen-bond donors (Lipinski definition) is 1. The summed E-state index contributed by atoms with van der Waals surface area (Å²) in [5, 5.41) is 3.89. The van der Waals surface area contributed by atoms with Crippen LogP contribution in [-0.2, 0) is 4.74 Å². The van der Waals surface area contributed by atoms with E-state index in [0.717, 1.165) is 5.56 Å². The van der Waals surface area contributed by atoms with Gasteiger partial charge in [0.05, 0.1) is 23.4 Å². The normalized spacial score (nSPS) is 11.8. The second-order valence-electron chi connectivity index (χ2n) is 4.60. The summed E-state index contributed by atoms with van der Waals surface area (Å²) in [6.07, 6.45) is 0. The zero-order chi connectivity index (χ0) is 15.4. The minimum atomic E-state index is -0.378. The van der Waals surface area contributed by atoms with E-state index in [1.807, 2.05) is 6.92 Å². The van der Waals surface area contributed by atoms with Crippen LogP contribution in [0.25, 0.3) is 0 Å². The third-order valence-corrected chi connectivity index (χ3v) is 4.18. The molecule has 2 aromatic rings. The predicted octanol–water partition coefficient (Wildman–Crippen LogP) is 4.90. The lowest BCUT2D eigenvalue weighted by atomic mass is 10.1. The second-order valence-corrected chi connectivity index (χ2v) is 6.26. The molecule has 0 aromatic heterocycles. The summed E-state index contributed by atoms with van der Waals surface area (Å²) in [6, 6.07) is 13.4. The van der Waals surface area contributed by atoms with Crippen LogP contribution in [0.2, 0.25) is 5.02 Å². The Balaban J connectivity index is 2.22. The number of esters is 1. The van der Waals surface area contributed by atoms with Crippen LogP contribution in [0.3, 0.4) is 0 Å². The highest BCUT2D eigenvalue weighted by Gasteiger charge is 2.11. The van der Waals surface area contributed by atoms with Crippen molar-refractivity contribution >= 4 is 45.8 Å².